The number of cyclic esters (lactones) is 1. The van der Waals surface area contributed by atoms with Gasteiger partial charge in [0, 0.05) is 40.4 Å². The number of fused-ring (bicyclic) bond motifs is 5. The molecule has 4 atom stereocenters. The van der Waals surface area contributed by atoms with Crippen molar-refractivity contribution in [3.8, 4) is 11.4 Å². The molecule has 8 rings (SSSR count). The third-order valence-electron chi connectivity index (χ3n) is 11.5. The molecule has 5 heterocycles. The summed E-state index contributed by atoms with van der Waals surface area (Å²) in [5, 5.41) is 17.9. The Bertz CT molecular complexity index is 2390. The number of hydrogen-bond acceptors (Lipinski definition) is 10. The fraction of sp³-hybridized carbons (Fsp3) is 0.400. The SMILES string of the molecule is CC[C@@]1(O)C(=O)OCc2c1cc1n(c2=O)Cc2c-1nc1cc(F)c(C)c3c1c2[C@@H](NC(=O)OCc1ccccc1NC(=O)[C@@H]1CCCN1C(=O)[C@@H](C)N)CC3. The molecule has 4 aliphatic rings. The molecule has 3 aliphatic heterocycles. The molecule has 0 radical (unpaired) electrons. The highest BCUT2D eigenvalue weighted by molar-refractivity contribution is 5.99. The third kappa shape index (κ3) is 5.84. The summed E-state index contributed by atoms with van der Waals surface area (Å²) in [4.78, 5) is 72.5. The van der Waals surface area contributed by atoms with Crippen LogP contribution in [-0.2, 0) is 55.6 Å². The van der Waals surface area contributed by atoms with Crippen LogP contribution in [0.4, 0.5) is 14.9 Å². The number of ether oxygens (including phenoxy) is 2. The van der Waals surface area contributed by atoms with Crippen molar-refractivity contribution in [2.24, 2.45) is 5.73 Å². The maximum atomic E-state index is 15.3. The molecule has 1 fully saturated rings. The van der Waals surface area contributed by atoms with E-state index in [1.54, 1.807) is 51.1 Å². The van der Waals surface area contributed by atoms with Crippen LogP contribution in [0.1, 0.15) is 84.5 Å². The number of para-hydroxylation sites is 1. The van der Waals surface area contributed by atoms with Crippen LogP contribution in [0.3, 0.4) is 0 Å². The zero-order chi connectivity index (χ0) is 38.9. The number of anilines is 1. The van der Waals surface area contributed by atoms with Crippen molar-refractivity contribution in [1.82, 2.24) is 19.8 Å². The van der Waals surface area contributed by atoms with Gasteiger partial charge in [-0.1, -0.05) is 25.1 Å². The van der Waals surface area contributed by atoms with Gasteiger partial charge in [0.05, 0.1) is 41.1 Å². The second-order valence-corrected chi connectivity index (χ2v) is 14.7. The number of amides is 3. The van der Waals surface area contributed by atoms with Crippen molar-refractivity contribution in [1.29, 1.82) is 0 Å². The minimum Gasteiger partial charge on any atom is -0.458 e. The summed E-state index contributed by atoms with van der Waals surface area (Å²) in [6, 6.07) is 7.86. The molecule has 5 N–H and O–H groups in total. The van der Waals surface area contributed by atoms with Crippen molar-refractivity contribution in [3.05, 3.63) is 91.5 Å². The lowest BCUT2D eigenvalue weighted by atomic mass is 9.81. The molecule has 3 amide bonds. The average Bonchev–Trinajstić information content (AvgIpc) is 3.81. The predicted molar refractivity (Wildman–Crippen MR) is 197 cm³/mol. The highest BCUT2D eigenvalue weighted by atomic mass is 19.1. The number of carbonyl (C=O) groups is 4. The smallest absolute Gasteiger partial charge is 0.407 e. The Labute approximate surface area is 314 Å². The number of nitrogens with two attached hydrogens (primary N) is 1. The molecule has 1 saturated heterocycles. The monoisotopic (exact) mass is 752 g/mol. The second-order valence-electron chi connectivity index (χ2n) is 14.7. The molecular formula is C40H41FN6O8. The molecule has 0 saturated carbocycles. The molecule has 14 nitrogen and oxygen atoms in total. The highest BCUT2D eigenvalue weighted by Crippen LogP contribution is 2.46. The Kier molecular flexibility index (Phi) is 8.96. The van der Waals surface area contributed by atoms with Crippen molar-refractivity contribution in [3.63, 3.8) is 0 Å². The lowest BCUT2D eigenvalue weighted by Gasteiger charge is -2.31. The Morgan fingerprint density at radius 2 is 1.95 bits per heavy atom. The predicted octanol–water partition coefficient (Wildman–Crippen LogP) is 3.72. The van der Waals surface area contributed by atoms with Crippen molar-refractivity contribution >= 4 is 40.5 Å². The van der Waals surface area contributed by atoms with E-state index in [1.807, 2.05) is 0 Å². The van der Waals surface area contributed by atoms with E-state index in [0.717, 1.165) is 5.56 Å². The third-order valence-corrected chi connectivity index (χ3v) is 11.5. The standard InChI is InChI=1S/C40H41FN6O8/c1-4-40(53)25-14-31-34-23(16-47(31)37(50)24(25)18-54-38(40)51)33-28(12-11-22-19(2)26(41)15-29(43-34)32(22)33)45-39(52)55-17-21-8-5-6-9-27(21)44-35(48)30-10-7-13-46(30)36(49)20(3)42/h5-6,8-9,14-15,20,28,30,53H,4,7,10-13,16-18,42H2,1-3H3,(H,44,48)(H,45,52)/t20-,28+,30+,40+/m1/s1. The minimum atomic E-state index is -2.01. The molecule has 2 aromatic heterocycles. The number of carbonyl (C=O) groups excluding carboxylic acids is 4. The largest absolute Gasteiger partial charge is 0.458 e. The van der Waals surface area contributed by atoms with Gasteiger partial charge < -0.3 is 40.4 Å². The van der Waals surface area contributed by atoms with E-state index in [9.17, 15) is 29.1 Å². The van der Waals surface area contributed by atoms with Crippen LogP contribution >= 0.6 is 0 Å². The molecule has 0 bridgehead atoms. The first kappa shape index (κ1) is 36.3. The van der Waals surface area contributed by atoms with E-state index in [2.05, 4.69) is 10.6 Å². The van der Waals surface area contributed by atoms with Gasteiger partial charge in [-0.25, -0.2) is 19.0 Å². The van der Waals surface area contributed by atoms with E-state index in [1.165, 1.54) is 15.5 Å². The summed E-state index contributed by atoms with van der Waals surface area (Å²) in [6.07, 6.45) is 1.29. The number of aliphatic hydroxyl groups is 1. The number of benzene rings is 2. The molecule has 4 aromatic rings. The highest BCUT2D eigenvalue weighted by Gasteiger charge is 2.46. The van der Waals surface area contributed by atoms with Crippen LogP contribution < -0.4 is 21.9 Å². The van der Waals surface area contributed by atoms with Crippen LogP contribution in [0, 0.1) is 12.7 Å². The number of pyridine rings is 2. The summed E-state index contributed by atoms with van der Waals surface area (Å²) in [5.41, 5.74) is 8.38. The number of alkyl carbamates (subject to hydrolysis) is 1. The first-order valence-electron chi connectivity index (χ1n) is 18.5. The number of nitrogens with one attached hydrogen (secondary N) is 2. The first-order chi connectivity index (χ1) is 26.3. The van der Waals surface area contributed by atoms with Gasteiger partial charge in [0.2, 0.25) is 11.8 Å². The van der Waals surface area contributed by atoms with Crippen LogP contribution in [0.15, 0.2) is 41.2 Å². The van der Waals surface area contributed by atoms with Crippen LogP contribution in [0.5, 0.6) is 0 Å². The minimum absolute atomic E-state index is 0.0158. The number of rotatable bonds is 7. The summed E-state index contributed by atoms with van der Waals surface area (Å²) in [7, 11) is 0. The van der Waals surface area contributed by atoms with Crippen molar-refractivity contribution < 1.29 is 38.1 Å². The number of nitrogens with zero attached hydrogens (tertiary/aromatic N) is 3. The quantitative estimate of drug-likeness (QED) is 0.178. The second kappa shape index (κ2) is 13.6. The van der Waals surface area contributed by atoms with Gasteiger partial charge in [0.15, 0.2) is 5.60 Å². The molecule has 0 spiro atoms. The van der Waals surface area contributed by atoms with Gasteiger partial charge in [-0.3, -0.25) is 14.4 Å². The Balaban J connectivity index is 1.08. The molecule has 1 aliphatic carbocycles. The van der Waals surface area contributed by atoms with Gasteiger partial charge in [0.1, 0.15) is 25.1 Å². The van der Waals surface area contributed by atoms with E-state index in [-0.39, 0.29) is 49.1 Å². The topological polar surface area (TPSA) is 195 Å². The molecular weight excluding hydrogens is 711 g/mol. The number of aryl methyl sites for hydroxylation is 1. The lowest BCUT2D eigenvalue weighted by Crippen LogP contribution is -2.48. The number of aromatic nitrogens is 2. The molecule has 2 aromatic carbocycles. The number of halogens is 1. The summed E-state index contributed by atoms with van der Waals surface area (Å²) in [5.74, 6) is -1.91. The van der Waals surface area contributed by atoms with Crippen molar-refractivity contribution in [2.45, 2.75) is 96.4 Å². The fourth-order valence-electron chi connectivity index (χ4n) is 8.58. The molecule has 55 heavy (non-hydrogen) atoms. The van der Waals surface area contributed by atoms with Crippen LogP contribution in [-0.4, -0.2) is 62.1 Å². The normalized spacial score (nSPS) is 21.3. The summed E-state index contributed by atoms with van der Waals surface area (Å²) in [6.45, 7) is 5.00. The Hall–Kier alpha value is -5.67. The maximum absolute atomic E-state index is 15.3. The Morgan fingerprint density at radius 1 is 1.16 bits per heavy atom. The molecule has 0 unspecified atom stereocenters. The maximum Gasteiger partial charge on any atom is 0.407 e. The average molecular weight is 753 g/mol. The summed E-state index contributed by atoms with van der Waals surface area (Å²) >= 11 is 0. The number of esters is 1. The number of hydrogen-bond donors (Lipinski definition) is 4. The number of likely N-dealkylation sites (tertiary alicyclic amines) is 1. The van der Waals surface area contributed by atoms with E-state index in [0.29, 0.717) is 82.5 Å². The van der Waals surface area contributed by atoms with Gasteiger partial charge in [-0.2, -0.15) is 0 Å². The first-order valence-corrected chi connectivity index (χ1v) is 18.5. The fourth-order valence-corrected chi connectivity index (χ4v) is 8.58. The van der Waals surface area contributed by atoms with E-state index < -0.39 is 47.2 Å². The Morgan fingerprint density at radius 3 is 2.71 bits per heavy atom. The zero-order valence-electron chi connectivity index (χ0n) is 30.7. The van der Waals surface area contributed by atoms with Gasteiger partial charge in [-0.05, 0) is 74.8 Å². The van der Waals surface area contributed by atoms with Crippen LogP contribution in [0.25, 0.3) is 22.3 Å². The van der Waals surface area contributed by atoms with E-state index >= 15 is 4.39 Å². The van der Waals surface area contributed by atoms with Gasteiger partial charge >= 0.3 is 12.1 Å². The molecule has 286 valence electrons. The van der Waals surface area contributed by atoms with E-state index in [4.69, 9.17) is 20.2 Å². The lowest BCUT2D eigenvalue weighted by molar-refractivity contribution is -0.172. The zero-order valence-corrected chi connectivity index (χ0v) is 30.7. The summed E-state index contributed by atoms with van der Waals surface area (Å²) < 4.78 is 27.8. The molecule has 15 heteroatoms. The van der Waals surface area contributed by atoms with Crippen LogP contribution in [0.2, 0.25) is 0 Å². The van der Waals surface area contributed by atoms with Crippen molar-refractivity contribution in [2.75, 3.05) is 11.9 Å². The van der Waals surface area contributed by atoms with Gasteiger partial charge in [0.25, 0.3) is 5.56 Å². The van der Waals surface area contributed by atoms with Gasteiger partial charge in [-0.15, -0.1) is 0 Å².